The largest absolute Gasteiger partial charge is 0.488 e. The first-order valence-electron chi connectivity index (χ1n) is 7.67. The van der Waals surface area contributed by atoms with Crippen molar-refractivity contribution in [3.63, 3.8) is 0 Å². The zero-order chi connectivity index (χ0) is 18.0. The first kappa shape index (κ1) is 17.4. The molecule has 3 aromatic rings. The summed E-state index contributed by atoms with van der Waals surface area (Å²) < 4.78 is 39.0. The van der Waals surface area contributed by atoms with E-state index in [1.165, 1.54) is 29.5 Å². The third-order valence-corrected chi connectivity index (χ3v) is 5.66. The van der Waals surface area contributed by atoms with Crippen molar-refractivity contribution in [1.29, 1.82) is 0 Å². The fourth-order valence-corrected chi connectivity index (χ4v) is 3.87. The van der Waals surface area contributed by atoms with Crippen LogP contribution in [0.3, 0.4) is 0 Å². The van der Waals surface area contributed by atoms with Crippen LogP contribution in [0.5, 0.6) is 5.75 Å². The lowest BCUT2D eigenvalue weighted by Gasteiger charge is -2.12. The number of ether oxygens (including phenoxy) is 2. The molecule has 2 aromatic carbocycles. The van der Waals surface area contributed by atoms with Crippen LogP contribution in [-0.4, -0.2) is 39.6 Å². The molecule has 0 fully saturated rings. The summed E-state index contributed by atoms with van der Waals surface area (Å²) in [6.45, 7) is 2.50. The van der Waals surface area contributed by atoms with Crippen LogP contribution < -0.4 is 4.74 Å². The lowest BCUT2D eigenvalue weighted by Crippen LogP contribution is -2.14. The van der Waals surface area contributed by atoms with E-state index in [0.717, 1.165) is 5.56 Å². The Morgan fingerprint density at radius 3 is 2.64 bits per heavy atom. The minimum absolute atomic E-state index is 0.0606. The molecule has 0 bridgehead atoms. The molecule has 3 rings (SSSR count). The fraction of sp³-hybridized carbons (Fsp3) is 0.222. The van der Waals surface area contributed by atoms with Crippen LogP contribution in [0.15, 0.2) is 47.5 Å². The van der Waals surface area contributed by atoms with Gasteiger partial charge in [-0.05, 0) is 31.0 Å². The van der Waals surface area contributed by atoms with Gasteiger partial charge in [-0.2, -0.15) is 9.19 Å². The first-order valence-corrected chi connectivity index (χ1v) is 9.35. The Kier molecular flexibility index (Phi) is 4.78. The minimum atomic E-state index is -2.89. The number of benzene rings is 2. The highest BCUT2D eigenvalue weighted by Crippen LogP contribution is 2.27. The van der Waals surface area contributed by atoms with Crippen molar-refractivity contribution in [3.05, 3.63) is 54.0 Å². The fourth-order valence-electron chi connectivity index (χ4n) is 2.44. The van der Waals surface area contributed by atoms with E-state index in [-0.39, 0.29) is 12.4 Å². The van der Waals surface area contributed by atoms with Gasteiger partial charge in [0.2, 0.25) is 0 Å². The highest BCUT2D eigenvalue weighted by molar-refractivity contribution is 7.99. The molecule has 5 nitrogen and oxygen atoms in total. The van der Waals surface area contributed by atoms with Crippen molar-refractivity contribution >= 4 is 26.5 Å². The van der Waals surface area contributed by atoms with E-state index in [2.05, 4.69) is 11.0 Å². The van der Waals surface area contributed by atoms with E-state index in [4.69, 9.17) is 9.47 Å². The van der Waals surface area contributed by atoms with Gasteiger partial charge in [0, 0.05) is 18.6 Å². The number of halogens is 1. The monoisotopic (exact) mass is 362 g/mol. The molecule has 1 aromatic heterocycles. The summed E-state index contributed by atoms with van der Waals surface area (Å²) in [7, 11) is -1.35. The Morgan fingerprint density at radius 2 is 1.96 bits per heavy atom. The summed E-state index contributed by atoms with van der Waals surface area (Å²) >= 11 is 0. The normalized spacial score (nSPS) is 13.7. The van der Waals surface area contributed by atoms with Crippen LogP contribution in [0, 0.1) is 12.7 Å². The van der Waals surface area contributed by atoms with E-state index < -0.39 is 15.5 Å². The number of aryl methyl sites for hydroxylation is 1. The number of methoxy groups -OCH3 is 1. The average Bonchev–Trinajstić information content (AvgIpc) is 2.99. The van der Waals surface area contributed by atoms with Gasteiger partial charge in [0.15, 0.2) is 11.6 Å². The molecule has 0 saturated carbocycles. The van der Waals surface area contributed by atoms with Gasteiger partial charge in [-0.25, -0.2) is 8.60 Å². The molecule has 0 saturated heterocycles. The minimum Gasteiger partial charge on any atom is -0.488 e. The lowest BCUT2D eigenvalue weighted by molar-refractivity contribution is 0.144. The zero-order valence-corrected chi connectivity index (χ0v) is 14.9. The van der Waals surface area contributed by atoms with Crippen molar-refractivity contribution in [2.24, 2.45) is 0 Å². The Morgan fingerprint density at radius 1 is 1.24 bits per heavy atom. The quantitative estimate of drug-likeness (QED) is 0.500. The van der Waals surface area contributed by atoms with Gasteiger partial charge in [0.1, 0.15) is 6.61 Å². The Bertz CT molecular complexity index is 995. The van der Waals surface area contributed by atoms with E-state index in [9.17, 15) is 8.60 Å². The summed E-state index contributed by atoms with van der Waals surface area (Å²) in [5.41, 5.74) is 1.55. The number of hydrogen-bond donors (Lipinski definition) is 0. The Hall–Kier alpha value is -2.38. The van der Waals surface area contributed by atoms with Crippen molar-refractivity contribution in [2.75, 3.05) is 20.3 Å². The second kappa shape index (κ2) is 6.85. The van der Waals surface area contributed by atoms with Crippen LogP contribution in [-0.2, 0) is 14.4 Å². The number of aromatic nitrogens is 2. The molecule has 25 heavy (non-hydrogen) atoms. The third-order valence-electron chi connectivity index (χ3n) is 3.80. The second-order valence-corrected chi connectivity index (χ2v) is 7.75. The van der Waals surface area contributed by atoms with Crippen LogP contribution >= 0.6 is 0 Å². The SMILES string of the molecule is C=S(=O)(c1ccc(C)cc1)n1ncc2cc(F)c(OCCOC)cc21. The van der Waals surface area contributed by atoms with Gasteiger partial charge in [-0.1, -0.05) is 17.7 Å². The van der Waals surface area contributed by atoms with E-state index in [1.54, 1.807) is 12.1 Å². The molecule has 0 aliphatic rings. The van der Waals surface area contributed by atoms with E-state index in [0.29, 0.717) is 22.4 Å². The average molecular weight is 362 g/mol. The summed E-state index contributed by atoms with van der Waals surface area (Å²) in [6, 6.07) is 10.1. The summed E-state index contributed by atoms with van der Waals surface area (Å²) in [4.78, 5) is 0.550. The maximum Gasteiger partial charge on any atom is 0.165 e. The van der Waals surface area contributed by atoms with Gasteiger partial charge in [-0.15, -0.1) is 0 Å². The van der Waals surface area contributed by atoms with E-state index in [1.807, 2.05) is 19.1 Å². The molecular weight excluding hydrogens is 343 g/mol. The van der Waals surface area contributed by atoms with Gasteiger partial charge >= 0.3 is 0 Å². The van der Waals surface area contributed by atoms with Crippen molar-refractivity contribution in [3.8, 4) is 5.75 Å². The Balaban J connectivity index is 2.07. The van der Waals surface area contributed by atoms with Crippen LogP contribution in [0.25, 0.3) is 10.9 Å². The van der Waals surface area contributed by atoms with Gasteiger partial charge in [-0.3, -0.25) is 0 Å². The molecule has 0 aliphatic carbocycles. The van der Waals surface area contributed by atoms with E-state index >= 15 is 0 Å². The highest BCUT2D eigenvalue weighted by Gasteiger charge is 2.17. The molecular formula is C18H19FN2O3S. The smallest absolute Gasteiger partial charge is 0.165 e. The molecule has 1 atom stereocenters. The summed E-state index contributed by atoms with van der Waals surface area (Å²) in [6.07, 6.45) is 1.47. The molecule has 1 unspecified atom stereocenters. The number of fused-ring (bicyclic) bond motifs is 1. The van der Waals surface area contributed by atoms with Gasteiger partial charge in [0.25, 0.3) is 0 Å². The van der Waals surface area contributed by atoms with Gasteiger partial charge in [0.05, 0.1) is 32.9 Å². The molecule has 132 valence electrons. The predicted octanol–water partition coefficient (Wildman–Crippen LogP) is 3.05. The van der Waals surface area contributed by atoms with Crippen molar-refractivity contribution < 1.29 is 18.1 Å². The standard InChI is InChI=1S/C18H19FN2O3S/c1-13-4-6-15(7-5-13)25(3,22)21-17-11-18(24-9-8-23-2)16(19)10-14(17)12-20-21/h4-7,10-12H,3,8-9H2,1-2H3. The number of nitrogens with zero attached hydrogens (tertiary/aromatic N) is 2. The molecule has 0 amide bonds. The lowest BCUT2D eigenvalue weighted by atomic mass is 10.2. The zero-order valence-electron chi connectivity index (χ0n) is 14.1. The van der Waals surface area contributed by atoms with Crippen molar-refractivity contribution in [2.45, 2.75) is 11.8 Å². The van der Waals surface area contributed by atoms with Crippen LogP contribution in [0.4, 0.5) is 4.39 Å². The predicted molar refractivity (Wildman–Crippen MR) is 97.2 cm³/mol. The number of hydrogen-bond acceptors (Lipinski definition) is 4. The van der Waals surface area contributed by atoms with Crippen LogP contribution in [0.1, 0.15) is 5.56 Å². The summed E-state index contributed by atoms with van der Waals surface area (Å²) in [5, 5.41) is 4.70. The number of rotatable bonds is 6. The first-order chi connectivity index (χ1) is 11.9. The van der Waals surface area contributed by atoms with Crippen molar-refractivity contribution in [1.82, 2.24) is 9.19 Å². The molecule has 0 N–H and O–H groups in total. The third kappa shape index (κ3) is 3.38. The van der Waals surface area contributed by atoms with Crippen LogP contribution in [0.2, 0.25) is 0 Å². The molecule has 0 radical (unpaired) electrons. The molecule has 0 spiro atoms. The maximum atomic E-state index is 14.1. The Labute approximate surface area is 146 Å². The molecule has 7 heteroatoms. The highest BCUT2D eigenvalue weighted by atomic mass is 32.2. The molecule has 0 aliphatic heterocycles. The second-order valence-electron chi connectivity index (χ2n) is 5.65. The topological polar surface area (TPSA) is 53.4 Å². The molecule has 1 heterocycles. The summed E-state index contributed by atoms with van der Waals surface area (Å²) in [5.74, 6) is 3.42. The van der Waals surface area contributed by atoms with Gasteiger partial charge < -0.3 is 9.47 Å². The maximum absolute atomic E-state index is 14.1.